The summed E-state index contributed by atoms with van der Waals surface area (Å²) in [5.74, 6) is -1.68. The van der Waals surface area contributed by atoms with E-state index in [1.165, 1.54) is 11.9 Å². The number of carbonyl (C=O) groups is 3. The molecule has 0 aliphatic rings. The van der Waals surface area contributed by atoms with E-state index >= 15 is 0 Å². The van der Waals surface area contributed by atoms with Crippen molar-refractivity contribution in [3.63, 3.8) is 0 Å². The van der Waals surface area contributed by atoms with Crippen molar-refractivity contribution < 1.29 is 37.0 Å². The van der Waals surface area contributed by atoms with E-state index in [1.54, 1.807) is 20.8 Å². The zero-order valence-corrected chi connectivity index (χ0v) is 24.5. The summed E-state index contributed by atoms with van der Waals surface area (Å²) in [6.45, 7) is 9.14. The Kier molecular flexibility index (Phi) is 11.7. The number of benzene rings is 1. The summed E-state index contributed by atoms with van der Waals surface area (Å²) in [4.78, 5) is 46.8. The first-order chi connectivity index (χ1) is 19.6. The van der Waals surface area contributed by atoms with Gasteiger partial charge < -0.3 is 30.7 Å². The average molecular weight is 595 g/mol. The zero-order valence-electron chi connectivity index (χ0n) is 24.5. The van der Waals surface area contributed by atoms with Crippen LogP contribution in [0.3, 0.4) is 0 Å². The fourth-order valence-electron chi connectivity index (χ4n) is 3.51. The summed E-state index contributed by atoms with van der Waals surface area (Å²) in [5, 5.41) is 5.05. The maximum atomic E-state index is 13.5. The second kappa shape index (κ2) is 14.5. The van der Waals surface area contributed by atoms with E-state index in [0.717, 1.165) is 12.4 Å². The molecule has 14 heteroatoms. The van der Waals surface area contributed by atoms with Crippen LogP contribution < -0.4 is 21.1 Å². The van der Waals surface area contributed by atoms with Gasteiger partial charge in [0, 0.05) is 25.4 Å². The number of nitrogens with zero attached hydrogens (tertiary/aromatic N) is 3. The molecule has 0 saturated heterocycles. The Balaban J connectivity index is 2.24. The number of anilines is 2. The highest BCUT2D eigenvalue weighted by Crippen LogP contribution is 2.39. The number of hydrogen-bond donors (Lipinski definition) is 3. The molecule has 230 valence electrons. The minimum Gasteiger partial charge on any atom is -0.489 e. The first-order valence-corrected chi connectivity index (χ1v) is 13.3. The molecule has 0 unspecified atom stereocenters. The topological polar surface area (TPSA) is 149 Å². The second-order valence-electron chi connectivity index (χ2n) is 10.2. The van der Waals surface area contributed by atoms with Crippen LogP contribution in [0.4, 0.5) is 29.3 Å². The Morgan fingerprint density at radius 3 is 2.26 bits per heavy atom. The lowest BCUT2D eigenvalue weighted by Crippen LogP contribution is -2.35. The first kappa shape index (κ1) is 33.8. The third-order valence-electron chi connectivity index (χ3n) is 5.52. The zero-order chi connectivity index (χ0) is 31.7. The van der Waals surface area contributed by atoms with Gasteiger partial charge in [-0.25, -0.2) is 14.8 Å². The van der Waals surface area contributed by atoms with E-state index < -0.39 is 35.2 Å². The largest absolute Gasteiger partial charge is 0.489 e. The molecule has 3 amide bonds. The monoisotopic (exact) mass is 594 g/mol. The second-order valence-corrected chi connectivity index (χ2v) is 10.2. The molecule has 2 rings (SSSR count). The van der Waals surface area contributed by atoms with Crippen LogP contribution in [-0.2, 0) is 10.9 Å². The van der Waals surface area contributed by atoms with Crippen molar-refractivity contribution in [2.45, 2.75) is 65.7 Å². The van der Waals surface area contributed by atoms with Crippen molar-refractivity contribution in [3.05, 3.63) is 53.3 Å². The van der Waals surface area contributed by atoms with Crippen molar-refractivity contribution in [1.82, 2.24) is 20.2 Å². The van der Waals surface area contributed by atoms with E-state index in [0.29, 0.717) is 30.7 Å². The number of nitrogen functional groups attached to an aromatic ring is 1. The highest BCUT2D eigenvalue weighted by molar-refractivity contribution is 6.05. The molecule has 0 aliphatic heterocycles. The molecular weight excluding hydrogens is 557 g/mol. The normalized spacial score (nSPS) is 12.0. The molecular formula is C28H37F3N6O5. The number of ether oxygens (including phenoxy) is 2. The first-order valence-electron chi connectivity index (χ1n) is 13.3. The van der Waals surface area contributed by atoms with E-state index in [9.17, 15) is 27.6 Å². The van der Waals surface area contributed by atoms with Crippen LogP contribution in [0.1, 0.15) is 80.4 Å². The molecule has 0 atom stereocenters. The molecule has 1 aromatic heterocycles. The summed E-state index contributed by atoms with van der Waals surface area (Å²) < 4.78 is 51.5. The fraction of sp³-hybridized carbons (Fsp3) is 0.464. The van der Waals surface area contributed by atoms with Crippen LogP contribution in [0.5, 0.6) is 5.75 Å². The van der Waals surface area contributed by atoms with Gasteiger partial charge in [0.2, 0.25) is 0 Å². The number of amides is 3. The third kappa shape index (κ3) is 10.2. The Labute approximate surface area is 242 Å². The number of allylic oxidation sites excluding steroid dienone is 2. The molecule has 1 heterocycles. The number of nitrogens with two attached hydrogens (primary N) is 1. The SMILES string of the molecule is CCC=C(CC)NC(=O)c1cc(C(=O)Nc2cc(C(F)(F)F)cc(N)c2OCCCN(C)C(=O)OC(C)(C)C)ncn1. The molecule has 0 bridgehead atoms. The smallest absolute Gasteiger partial charge is 0.416 e. The van der Waals surface area contributed by atoms with Gasteiger partial charge in [0.25, 0.3) is 11.8 Å². The van der Waals surface area contributed by atoms with Crippen LogP contribution in [0.15, 0.2) is 36.3 Å². The minimum atomic E-state index is -4.76. The van der Waals surface area contributed by atoms with E-state index in [1.807, 2.05) is 19.9 Å². The number of halogens is 3. The Morgan fingerprint density at radius 1 is 1.05 bits per heavy atom. The third-order valence-corrected chi connectivity index (χ3v) is 5.52. The van der Waals surface area contributed by atoms with Gasteiger partial charge in [-0.15, -0.1) is 0 Å². The summed E-state index contributed by atoms with van der Waals surface area (Å²) in [5.41, 5.74) is 3.69. The molecule has 0 radical (unpaired) electrons. The van der Waals surface area contributed by atoms with Gasteiger partial charge >= 0.3 is 12.3 Å². The average Bonchev–Trinajstić information content (AvgIpc) is 2.90. The molecule has 0 aliphatic carbocycles. The van der Waals surface area contributed by atoms with Gasteiger partial charge in [0.1, 0.15) is 23.3 Å². The van der Waals surface area contributed by atoms with Gasteiger partial charge in [-0.2, -0.15) is 13.2 Å². The highest BCUT2D eigenvalue weighted by atomic mass is 19.4. The molecule has 42 heavy (non-hydrogen) atoms. The predicted octanol–water partition coefficient (Wildman–Crippen LogP) is 5.40. The summed E-state index contributed by atoms with van der Waals surface area (Å²) >= 11 is 0. The predicted molar refractivity (Wildman–Crippen MR) is 151 cm³/mol. The minimum absolute atomic E-state index is 0.0472. The van der Waals surface area contributed by atoms with Crippen molar-refractivity contribution in [3.8, 4) is 5.75 Å². The Hall–Kier alpha value is -4.36. The summed E-state index contributed by atoms with van der Waals surface area (Å²) in [7, 11) is 1.53. The lowest BCUT2D eigenvalue weighted by Gasteiger charge is -2.24. The van der Waals surface area contributed by atoms with Gasteiger partial charge in [0.05, 0.1) is 23.5 Å². The highest BCUT2D eigenvalue weighted by Gasteiger charge is 2.33. The maximum absolute atomic E-state index is 13.5. The Bertz CT molecular complexity index is 1310. The van der Waals surface area contributed by atoms with Crippen LogP contribution >= 0.6 is 0 Å². The molecule has 2 aromatic rings. The molecule has 11 nitrogen and oxygen atoms in total. The fourth-order valence-corrected chi connectivity index (χ4v) is 3.51. The van der Waals surface area contributed by atoms with Crippen molar-refractivity contribution in [2.75, 3.05) is 31.2 Å². The van der Waals surface area contributed by atoms with Crippen molar-refractivity contribution >= 4 is 29.3 Å². The van der Waals surface area contributed by atoms with Crippen LogP contribution in [-0.4, -0.2) is 58.6 Å². The number of hydrogen-bond acceptors (Lipinski definition) is 8. The van der Waals surface area contributed by atoms with E-state index in [-0.39, 0.29) is 48.1 Å². The summed E-state index contributed by atoms with van der Waals surface area (Å²) in [6, 6.07) is 2.50. The number of nitrogens with one attached hydrogen (secondary N) is 2. The molecule has 4 N–H and O–H groups in total. The molecule has 0 fully saturated rings. The van der Waals surface area contributed by atoms with Gasteiger partial charge in [-0.05, 0) is 52.2 Å². The molecule has 0 saturated carbocycles. The molecule has 0 spiro atoms. The number of rotatable bonds is 11. The van der Waals surface area contributed by atoms with Crippen LogP contribution in [0, 0.1) is 0 Å². The molecule has 1 aromatic carbocycles. The van der Waals surface area contributed by atoms with E-state index in [4.69, 9.17) is 15.2 Å². The van der Waals surface area contributed by atoms with Gasteiger partial charge in [0.15, 0.2) is 5.75 Å². The number of aromatic nitrogens is 2. The Morgan fingerprint density at radius 2 is 1.69 bits per heavy atom. The van der Waals surface area contributed by atoms with Crippen LogP contribution in [0.2, 0.25) is 0 Å². The van der Waals surface area contributed by atoms with Gasteiger partial charge in [-0.1, -0.05) is 19.9 Å². The summed E-state index contributed by atoms with van der Waals surface area (Å²) in [6.07, 6.45) is -0.929. The standard InChI is InChI=1S/C28H37F3N6O5/c1-7-10-18(8-2)35-24(38)21-15-22(34-16-33-21)25(39)36-20-14-17(28(29,30)31)13-19(32)23(20)41-12-9-11-37(6)26(40)42-27(3,4)5/h10,13-16H,7-9,11-12,32H2,1-6H3,(H,35,38)(H,36,39). The lowest BCUT2D eigenvalue weighted by molar-refractivity contribution is -0.137. The van der Waals surface area contributed by atoms with Crippen molar-refractivity contribution in [2.24, 2.45) is 0 Å². The van der Waals surface area contributed by atoms with Crippen LogP contribution in [0.25, 0.3) is 0 Å². The lowest BCUT2D eigenvalue weighted by atomic mass is 10.1. The van der Waals surface area contributed by atoms with Gasteiger partial charge in [-0.3, -0.25) is 9.59 Å². The number of alkyl halides is 3. The van der Waals surface area contributed by atoms with Crippen molar-refractivity contribution in [1.29, 1.82) is 0 Å². The quantitative estimate of drug-likeness (QED) is 0.231. The van der Waals surface area contributed by atoms with E-state index in [2.05, 4.69) is 20.6 Å². The maximum Gasteiger partial charge on any atom is 0.416 e. The number of carbonyl (C=O) groups excluding carboxylic acids is 3.